The van der Waals surface area contributed by atoms with E-state index in [0.717, 1.165) is 36.4 Å². The van der Waals surface area contributed by atoms with Gasteiger partial charge in [0.1, 0.15) is 5.01 Å². The predicted octanol–water partition coefficient (Wildman–Crippen LogP) is 7.32. The highest BCUT2D eigenvalue weighted by Gasteiger charge is 2.48. The van der Waals surface area contributed by atoms with Gasteiger partial charge in [-0.3, -0.25) is 9.79 Å². The number of carbonyl (C=O) groups is 1. The van der Waals surface area contributed by atoms with Gasteiger partial charge in [-0.2, -0.15) is 0 Å². The van der Waals surface area contributed by atoms with Crippen LogP contribution >= 0.6 is 11.3 Å². The average molecular weight is 499 g/mol. The van der Waals surface area contributed by atoms with Crippen LogP contribution in [0.1, 0.15) is 79.5 Å². The summed E-state index contributed by atoms with van der Waals surface area (Å²) >= 11 is 1.75. The molecule has 1 aliphatic heterocycles. The lowest BCUT2D eigenvalue weighted by Gasteiger charge is -2.17. The zero-order chi connectivity index (χ0) is 25.3. The summed E-state index contributed by atoms with van der Waals surface area (Å²) in [6.07, 6.45) is 7.55. The molecule has 1 atom stereocenters. The number of anilines is 2. The molecule has 1 aromatic heterocycles. The van der Waals surface area contributed by atoms with E-state index in [0.29, 0.717) is 28.8 Å². The van der Waals surface area contributed by atoms with Crippen LogP contribution in [0.25, 0.3) is 5.57 Å². The van der Waals surface area contributed by atoms with Gasteiger partial charge in [0, 0.05) is 28.3 Å². The highest BCUT2D eigenvalue weighted by atomic mass is 32.1. The van der Waals surface area contributed by atoms with Gasteiger partial charge in [-0.25, -0.2) is 4.98 Å². The van der Waals surface area contributed by atoms with Gasteiger partial charge in [0.2, 0.25) is 0 Å². The van der Waals surface area contributed by atoms with Crippen molar-refractivity contribution in [2.75, 3.05) is 11.1 Å². The lowest BCUT2D eigenvalue weighted by molar-refractivity contribution is 0.102. The number of aromatic nitrogens is 1. The van der Waals surface area contributed by atoms with Crippen molar-refractivity contribution in [2.24, 2.45) is 16.8 Å². The molecule has 5 rings (SSSR count). The summed E-state index contributed by atoms with van der Waals surface area (Å²) in [6.45, 7) is 6.73. The molecule has 2 aromatic carbocycles. The van der Waals surface area contributed by atoms with Gasteiger partial charge in [0.05, 0.1) is 17.1 Å². The lowest BCUT2D eigenvalue weighted by atomic mass is 9.88. The number of nitrogens with zero attached hydrogens (tertiary/aromatic N) is 2. The first-order valence-electron chi connectivity index (χ1n) is 12.8. The summed E-state index contributed by atoms with van der Waals surface area (Å²) < 4.78 is 0. The van der Waals surface area contributed by atoms with Gasteiger partial charge in [-0.1, -0.05) is 38.1 Å². The Bertz CT molecular complexity index is 1310. The quantitative estimate of drug-likeness (QED) is 0.335. The standard InChI is InChI=1S/C30H34N4OS/c1-19(2)16-22-8-9-23(17-32-20(22)3)27-18-36-29(34-27)30(14-15-30)24-12-10-21(11-13-24)28(35)33-26-7-5-4-6-25(26)31/h4-7,10-13,17-19,22H,8-9,14-16,31H2,1-3H3,(H,33,35). The van der Waals surface area contributed by atoms with E-state index in [1.807, 2.05) is 36.5 Å². The van der Waals surface area contributed by atoms with E-state index in [2.05, 4.69) is 43.6 Å². The van der Waals surface area contributed by atoms with Gasteiger partial charge in [-0.15, -0.1) is 11.3 Å². The van der Waals surface area contributed by atoms with Gasteiger partial charge < -0.3 is 11.1 Å². The molecule has 0 spiro atoms. The SMILES string of the molecule is CC1=NC=C(c2csc(C3(c4ccc(C(=O)Nc5ccccc5N)cc4)CC3)n2)CCC1CC(C)C. The molecule has 5 nitrogen and oxygen atoms in total. The number of nitrogens with one attached hydrogen (secondary N) is 1. The van der Waals surface area contributed by atoms with Crippen LogP contribution in [-0.2, 0) is 5.41 Å². The smallest absolute Gasteiger partial charge is 0.255 e. The number of thiazole rings is 1. The molecule has 186 valence electrons. The molecule has 1 unspecified atom stereocenters. The minimum absolute atomic E-state index is 0.0353. The Labute approximate surface area is 217 Å². The normalized spacial score (nSPS) is 18.8. The summed E-state index contributed by atoms with van der Waals surface area (Å²) in [7, 11) is 0. The second-order valence-electron chi connectivity index (χ2n) is 10.5. The van der Waals surface area contributed by atoms with Gasteiger partial charge >= 0.3 is 0 Å². The third kappa shape index (κ3) is 5.00. The minimum atomic E-state index is -0.159. The summed E-state index contributed by atoms with van der Waals surface area (Å²) in [5.41, 5.74) is 12.5. The number of benzene rings is 2. The van der Waals surface area contributed by atoms with Crippen LogP contribution < -0.4 is 11.1 Å². The Morgan fingerprint density at radius 1 is 1.17 bits per heavy atom. The van der Waals surface area contributed by atoms with Crippen LogP contribution in [0.4, 0.5) is 11.4 Å². The third-order valence-electron chi connectivity index (χ3n) is 7.43. The maximum absolute atomic E-state index is 12.7. The number of aliphatic imine (C=N–C) groups is 1. The molecule has 36 heavy (non-hydrogen) atoms. The fourth-order valence-corrected chi connectivity index (χ4v) is 6.20. The lowest BCUT2D eigenvalue weighted by Crippen LogP contribution is -2.14. The second kappa shape index (κ2) is 10.0. The van der Waals surface area contributed by atoms with Crippen LogP contribution in [0, 0.1) is 11.8 Å². The van der Waals surface area contributed by atoms with Gasteiger partial charge in [0.15, 0.2) is 0 Å². The molecular weight excluding hydrogens is 464 g/mol. The van der Waals surface area contributed by atoms with E-state index in [4.69, 9.17) is 15.7 Å². The molecule has 1 aliphatic carbocycles. The molecule has 2 heterocycles. The van der Waals surface area contributed by atoms with E-state index >= 15 is 0 Å². The molecule has 2 aliphatic rings. The topological polar surface area (TPSA) is 80.4 Å². The van der Waals surface area contributed by atoms with Crippen molar-refractivity contribution < 1.29 is 4.79 Å². The van der Waals surface area contributed by atoms with Crippen LogP contribution in [0.15, 0.2) is 65.1 Å². The summed E-state index contributed by atoms with van der Waals surface area (Å²) in [6, 6.07) is 15.2. The Balaban J connectivity index is 1.30. The zero-order valence-electron chi connectivity index (χ0n) is 21.3. The van der Waals surface area contributed by atoms with Crippen molar-refractivity contribution >= 4 is 39.9 Å². The summed E-state index contributed by atoms with van der Waals surface area (Å²) in [5.74, 6) is 1.07. The van der Waals surface area contributed by atoms with Crippen molar-refractivity contribution in [3.8, 4) is 0 Å². The van der Waals surface area contributed by atoms with E-state index in [9.17, 15) is 4.79 Å². The number of carbonyl (C=O) groups excluding carboxylic acids is 1. The molecule has 3 N–H and O–H groups in total. The summed E-state index contributed by atoms with van der Waals surface area (Å²) in [5, 5.41) is 6.26. The monoisotopic (exact) mass is 498 g/mol. The predicted molar refractivity (Wildman–Crippen MR) is 151 cm³/mol. The highest BCUT2D eigenvalue weighted by Crippen LogP contribution is 2.54. The fourth-order valence-electron chi connectivity index (χ4n) is 5.08. The van der Waals surface area contributed by atoms with Gasteiger partial charge in [0.25, 0.3) is 5.91 Å². The maximum atomic E-state index is 12.7. The largest absolute Gasteiger partial charge is 0.397 e. The number of allylic oxidation sites excluding steroid dienone is 1. The van der Waals surface area contributed by atoms with Crippen molar-refractivity contribution in [3.63, 3.8) is 0 Å². The Morgan fingerprint density at radius 2 is 1.92 bits per heavy atom. The molecule has 0 radical (unpaired) electrons. The molecule has 1 fully saturated rings. The Morgan fingerprint density at radius 3 is 2.61 bits per heavy atom. The molecule has 0 saturated heterocycles. The van der Waals surface area contributed by atoms with E-state index in [1.54, 1.807) is 17.4 Å². The van der Waals surface area contributed by atoms with Crippen LogP contribution in [-0.4, -0.2) is 16.6 Å². The average Bonchev–Trinajstić information content (AvgIpc) is 3.57. The number of rotatable bonds is 7. The van der Waals surface area contributed by atoms with Crippen molar-refractivity contribution in [1.82, 2.24) is 4.98 Å². The Hall–Kier alpha value is -3.25. The third-order valence-corrected chi connectivity index (χ3v) is 8.48. The first kappa shape index (κ1) is 24.4. The fraction of sp³-hybridized carbons (Fsp3) is 0.367. The second-order valence-corrected chi connectivity index (χ2v) is 11.4. The van der Waals surface area contributed by atoms with Crippen molar-refractivity contribution in [1.29, 1.82) is 0 Å². The molecule has 1 amide bonds. The van der Waals surface area contributed by atoms with Gasteiger partial charge in [-0.05, 0) is 86.3 Å². The number of hydrogen-bond donors (Lipinski definition) is 2. The number of para-hydroxylation sites is 2. The number of amides is 1. The Kier molecular flexibility index (Phi) is 6.80. The minimum Gasteiger partial charge on any atom is -0.397 e. The molecule has 0 bridgehead atoms. The number of nitrogen functional groups attached to an aromatic ring is 1. The number of nitrogens with two attached hydrogens (primary N) is 1. The molecule has 6 heteroatoms. The van der Waals surface area contributed by atoms with Crippen LogP contribution in [0.5, 0.6) is 0 Å². The van der Waals surface area contributed by atoms with Crippen LogP contribution in [0.3, 0.4) is 0 Å². The van der Waals surface area contributed by atoms with Crippen LogP contribution in [0.2, 0.25) is 0 Å². The molecule has 1 saturated carbocycles. The molecular formula is C30H34N4OS. The summed E-state index contributed by atoms with van der Waals surface area (Å²) in [4.78, 5) is 22.6. The highest BCUT2D eigenvalue weighted by molar-refractivity contribution is 7.10. The van der Waals surface area contributed by atoms with E-state index < -0.39 is 0 Å². The zero-order valence-corrected chi connectivity index (χ0v) is 22.1. The number of hydrogen-bond acceptors (Lipinski definition) is 5. The first-order valence-corrected chi connectivity index (χ1v) is 13.7. The van der Waals surface area contributed by atoms with Crippen molar-refractivity contribution in [2.45, 2.75) is 58.3 Å². The van der Waals surface area contributed by atoms with E-state index in [1.165, 1.54) is 23.3 Å². The van der Waals surface area contributed by atoms with E-state index in [-0.39, 0.29) is 11.3 Å². The maximum Gasteiger partial charge on any atom is 0.255 e. The van der Waals surface area contributed by atoms with Crippen molar-refractivity contribution in [3.05, 3.63) is 81.9 Å². The first-order chi connectivity index (χ1) is 17.4. The molecule has 3 aromatic rings.